The minimum Gasteiger partial charge on any atom is -0.469 e. The standard InChI is InChI=1S/C13H17NO2/c1-16-13(15)10-7-8-11(14)12(10)9-5-3-2-4-6-9/h2-6,10-12H,7-8,14H2,1H3. The van der Waals surface area contributed by atoms with Crippen LogP contribution in [0, 0.1) is 5.92 Å². The van der Waals surface area contributed by atoms with Gasteiger partial charge in [-0.3, -0.25) is 4.79 Å². The molecule has 1 aliphatic carbocycles. The number of carbonyl (C=O) groups excluding carboxylic acids is 1. The van der Waals surface area contributed by atoms with Gasteiger partial charge in [0.2, 0.25) is 0 Å². The molecule has 0 radical (unpaired) electrons. The Morgan fingerprint density at radius 3 is 2.62 bits per heavy atom. The minimum atomic E-state index is -0.137. The van der Waals surface area contributed by atoms with E-state index in [1.165, 1.54) is 7.11 Å². The van der Waals surface area contributed by atoms with Crippen LogP contribution in [-0.2, 0) is 9.53 Å². The lowest BCUT2D eigenvalue weighted by Gasteiger charge is -2.21. The highest BCUT2D eigenvalue weighted by molar-refractivity contribution is 5.74. The predicted molar refractivity (Wildman–Crippen MR) is 61.9 cm³/mol. The molecule has 1 aromatic rings. The van der Waals surface area contributed by atoms with Crippen LogP contribution in [0.3, 0.4) is 0 Å². The van der Waals surface area contributed by atoms with E-state index in [1.807, 2.05) is 30.3 Å². The fourth-order valence-corrected chi connectivity index (χ4v) is 2.60. The molecule has 0 bridgehead atoms. The first-order valence-electron chi connectivity index (χ1n) is 5.62. The molecule has 86 valence electrons. The first-order chi connectivity index (χ1) is 7.74. The van der Waals surface area contributed by atoms with Crippen LogP contribution in [0.2, 0.25) is 0 Å². The summed E-state index contributed by atoms with van der Waals surface area (Å²) >= 11 is 0. The van der Waals surface area contributed by atoms with Gasteiger partial charge in [-0.25, -0.2) is 0 Å². The Bertz CT molecular complexity index is 363. The van der Waals surface area contributed by atoms with Gasteiger partial charge < -0.3 is 10.5 Å². The quantitative estimate of drug-likeness (QED) is 0.770. The molecular formula is C13H17NO2. The molecule has 2 N–H and O–H groups in total. The number of nitrogens with two attached hydrogens (primary N) is 1. The van der Waals surface area contributed by atoms with Gasteiger partial charge in [0.25, 0.3) is 0 Å². The molecule has 3 unspecified atom stereocenters. The van der Waals surface area contributed by atoms with E-state index >= 15 is 0 Å². The van der Waals surface area contributed by atoms with Gasteiger partial charge in [0.05, 0.1) is 13.0 Å². The molecule has 0 saturated heterocycles. The lowest BCUT2D eigenvalue weighted by molar-refractivity contribution is -0.145. The Morgan fingerprint density at radius 2 is 2.00 bits per heavy atom. The zero-order valence-electron chi connectivity index (χ0n) is 9.43. The van der Waals surface area contributed by atoms with Gasteiger partial charge in [0.15, 0.2) is 0 Å². The first kappa shape index (κ1) is 11.1. The molecule has 3 atom stereocenters. The van der Waals surface area contributed by atoms with Gasteiger partial charge in [0.1, 0.15) is 0 Å². The molecule has 16 heavy (non-hydrogen) atoms. The number of methoxy groups -OCH3 is 1. The zero-order chi connectivity index (χ0) is 11.5. The minimum absolute atomic E-state index is 0.0616. The molecule has 0 aromatic heterocycles. The number of esters is 1. The van der Waals surface area contributed by atoms with Gasteiger partial charge in [-0.05, 0) is 18.4 Å². The van der Waals surface area contributed by atoms with E-state index < -0.39 is 0 Å². The average Bonchev–Trinajstić information content (AvgIpc) is 2.71. The summed E-state index contributed by atoms with van der Waals surface area (Å²) < 4.78 is 4.84. The Labute approximate surface area is 95.6 Å². The van der Waals surface area contributed by atoms with Crippen LogP contribution in [-0.4, -0.2) is 19.1 Å². The van der Waals surface area contributed by atoms with E-state index in [0.717, 1.165) is 18.4 Å². The molecular weight excluding hydrogens is 202 g/mol. The highest BCUT2D eigenvalue weighted by Gasteiger charge is 2.39. The van der Waals surface area contributed by atoms with Gasteiger partial charge in [0, 0.05) is 12.0 Å². The maximum absolute atomic E-state index is 11.7. The largest absolute Gasteiger partial charge is 0.469 e. The Hall–Kier alpha value is -1.35. The summed E-state index contributed by atoms with van der Waals surface area (Å²) in [6.07, 6.45) is 1.72. The van der Waals surface area contributed by atoms with Gasteiger partial charge in [-0.1, -0.05) is 30.3 Å². The fourth-order valence-electron chi connectivity index (χ4n) is 2.60. The maximum Gasteiger partial charge on any atom is 0.309 e. The fraction of sp³-hybridized carbons (Fsp3) is 0.462. The van der Waals surface area contributed by atoms with Crippen molar-refractivity contribution in [3.63, 3.8) is 0 Å². The third kappa shape index (κ3) is 1.95. The summed E-state index contributed by atoms with van der Waals surface area (Å²) in [7, 11) is 1.44. The number of carbonyl (C=O) groups is 1. The summed E-state index contributed by atoms with van der Waals surface area (Å²) in [6, 6.07) is 10.1. The summed E-state index contributed by atoms with van der Waals surface area (Å²) in [4.78, 5) is 11.7. The highest BCUT2D eigenvalue weighted by atomic mass is 16.5. The van der Waals surface area contributed by atoms with Crippen LogP contribution in [0.15, 0.2) is 30.3 Å². The van der Waals surface area contributed by atoms with Gasteiger partial charge in [-0.2, -0.15) is 0 Å². The van der Waals surface area contributed by atoms with Crippen molar-refractivity contribution in [1.29, 1.82) is 0 Å². The lowest BCUT2D eigenvalue weighted by Crippen LogP contribution is -2.29. The summed E-state index contributed by atoms with van der Waals surface area (Å²) in [5, 5.41) is 0. The monoisotopic (exact) mass is 219 g/mol. The number of rotatable bonds is 2. The topological polar surface area (TPSA) is 52.3 Å². The number of hydrogen-bond donors (Lipinski definition) is 1. The normalized spacial score (nSPS) is 29.0. The van der Waals surface area contributed by atoms with E-state index in [9.17, 15) is 4.79 Å². The Balaban J connectivity index is 2.26. The van der Waals surface area contributed by atoms with Crippen LogP contribution >= 0.6 is 0 Å². The van der Waals surface area contributed by atoms with E-state index in [2.05, 4.69) is 0 Å². The number of hydrogen-bond acceptors (Lipinski definition) is 3. The maximum atomic E-state index is 11.7. The second-order valence-corrected chi connectivity index (χ2v) is 4.31. The van der Waals surface area contributed by atoms with Crippen molar-refractivity contribution in [2.75, 3.05) is 7.11 Å². The average molecular weight is 219 g/mol. The summed E-state index contributed by atoms with van der Waals surface area (Å²) in [6.45, 7) is 0. The van der Waals surface area contributed by atoms with Crippen molar-refractivity contribution < 1.29 is 9.53 Å². The summed E-state index contributed by atoms with van der Waals surface area (Å²) in [5.41, 5.74) is 7.23. The van der Waals surface area contributed by atoms with Crippen LogP contribution in [0.25, 0.3) is 0 Å². The van der Waals surface area contributed by atoms with Crippen molar-refractivity contribution in [2.45, 2.75) is 24.8 Å². The molecule has 1 aromatic carbocycles. The van der Waals surface area contributed by atoms with Crippen LogP contribution in [0.1, 0.15) is 24.3 Å². The van der Waals surface area contributed by atoms with E-state index in [1.54, 1.807) is 0 Å². The summed E-state index contributed by atoms with van der Waals surface area (Å²) in [5.74, 6) is -0.113. The Morgan fingerprint density at radius 1 is 1.31 bits per heavy atom. The SMILES string of the molecule is COC(=O)C1CCC(N)C1c1ccccc1. The van der Waals surface area contributed by atoms with Crippen molar-refractivity contribution in [3.05, 3.63) is 35.9 Å². The van der Waals surface area contributed by atoms with Crippen molar-refractivity contribution >= 4 is 5.97 Å². The molecule has 1 aliphatic rings. The van der Waals surface area contributed by atoms with Crippen LogP contribution < -0.4 is 5.73 Å². The first-order valence-corrected chi connectivity index (χ1v) is 5.62. The van der Waals surface area contributed by atoms with Crippen LogP contribution in [0.4, 0.5) is 0 Å². The second kappa shape index (κ2) is 4.66. The Kier molecular flexibility index (Phi) is 3.25. The highest BCUT2D eigenvalue weighted by Crippen LogP contribution is 2.39. The van der Waals surface area contributed by atoms with Crippen LogP contribution in [0.5, 0.6) is 0 Å². The number of benzene rings is 1. The molecule has 0 heterocycles. The molecule has 1 fully saturated rings. The second-order valence-electron chi connectivity index (χ2n) is 4.31. The van der Waals surface area contributed by atoms with E-state index in [4.69, 9.17) is 10.5 Å². The van der Waals surface area contributed by atoms with E-state index in [-0.39, 0.29) is 23.8 Å². The third-order valence-corrected chi connectivity index (χ3v) is 3.39. The van der Waals surface area contributed by atoms with Gasteiger partial charge >= 0.3 is 5.97 Å². The van der Waals surface area contributed by atoms with Gasteiger partial charge in [-0.15, -0.1) is 0 Å². The molecule has 1 saturated carbocycles. The predicted octanol–water partition coefficient (Wildman–Crippen LogP) is 1.68. The molecule has 2 rings (SSSR count). The number of ether oxygens (including phenoxy) is 1. The molecule has 0 spiro atoms. The van der Waals surface area contributed by atoms with E-state index in [0.29, 0.717) is 0 Å². The third-order valence-electron chi connectivity index (χ3n) is 3.39. The van der Waals surface area contributed by atoms with Crippen molar-refractivity contribution in [3.8, 4) is 0 Å². The van der Waals surface area contributed by atoms with Crippen molar-refractivity contribution in [1.82, 2.24) is 0 Å². The molecule has 0 aliphatic heterocycles. The molecule has 3 heteroatoms. The lowest BCUT2D eigenvalue weighted by atomic mass is 9.87. The molecule has 3 nitrogen and oxygen atoms in total. The smallest absolute Gasteiger partial charge is 0.309 e. The zero-order valence-corrected chi connectivity index (χ0v) is 9.43. The van der Waals surface area contributed by atoms with Crippen molar-refractivity contribution in [2.24, 2.45) is 11.7 Å². The molecule has 0 amide bonds.